The van der Waals surface area contributed by atoms with Crippen molar-refractivity contribution in [3.8, 4) is 10.6 Å². The van der Waals surface area contributed by atoms with Crippen molar-refractivity contribution in [3.05, 3.63) is 48.0 Å². The molecular formula is C18H19N3S2. The molecule has 1 aromatic heterocycles. The summed E-state index contributed by atoms with van der Waals surface area (Å²) in [6.07, 6.45) is 1.05. The molecule has 0 saturated heterocycles. The molecule has 0 unspecified atom stereocenters. The van der Waals surface area contributed by atoms with Crippen molar-refractivity contribution < 1.29 is 0 Å². The van der Waals surface area contributed by atoms with Crippen LogP contribution in [-0.2, 0) is 0 Å². The normalized spacial score (nSPS) is 10.7. The summed E-state index contributed by atoms with van der Waals surface area (Å²) in [7, 11) is 0. The quantitative estimate of drug-likeness (QED) is 0.657. The highest BCUT2D eigenvalue weighted by molar-refractivity contribution is 7.80. The van der Waals surface area contributed by atoms with Crippen molar-refractivity contribution in [2.24, 2.45) is 0 Å². The number of aryl methyl sites for hydroxylation is 1. The monoisotopic (exact) mass is 341 g/mol. The molecule has 118 valence electrons. The molecule has 0 aliphatic heterocycles. The number of hydrogen-bond donors (Lipinski definition) is 2. The molecule has 0 fully saturated rings. The predicted molar refractivity (Wildman–Crippen MR) is 104 cm³/mol. The first kappa shape index (κ1) is 15.9. The minimum atomic E-state index is 0.662. The molecule has 3 nitrogen and oxygen atoms in total. The largest absolute Gasteiger partial charge is 0.362 e. The van der Waals surface area contributed by atoms with Crippen molar-refractivity contribution in [3.63, 3.8) is 0 Å². The second-order valence-electron chi connectivity index (χ2n) is 5.45. The third-order valence-electron chi connectivity index (χ3n) is 3.47. The zero-order valence-corrected chi connectivity index (χ0v) is 14.9. The molecule has 3 rings (SSSR count). The standard InChI is InChI=1S/C18H19N3S2/c1-3-10-19-18(22)20-14-7-5-13(6-8-14)17-21-15-9-4-12(2)11-16(15)23-17/h4-9,11H,3,10H2,1-2H3,(H2,19,20,22). The first-order chi connectivity index (χ1) is 11.2. The summed E-state index contributed by atoms with van der Waals surface area (Å²) in [6, 6.07) is 14.6. The van der Waals surface area contributed by atoms with Crippen LogP contribution in [0.1, 0.15) is 18.9 Å². The van der Waals surface area contributed by atoms with Gasteiger partial charge in [-0.15, -0.1) is 11.3 Å². The molecule has 1 heterocycles. The van der Waals surface area contributed by atoms with Gasteiger partial charge in [-0.2, -0.15) is 0 Å². The van der Waals surface area contributed by atoms with Crippen LogP contribution in [0.15, 0.2) is 42.5 Å². The van der Waals surface area contributed by atoms with Crippen LogP contribution in [0.25, 0.3) is 20.8 Å². The Hall–Kier alpha value is -1.98. The second-order valence-corrected chi connectivity index (χ2v) is 6.89. The molecule has 0 radical (unpaired) electrons. The first-order valence-corrected chi connectivity index (χ1v) is 8.90. The highest BCUT2D eigenvalue weighted by Crippen LogP contribution is 2.31. The smallest absolute Gasteiger partial charge is 0.170 e. The number of fused-ring (bicyclic) bond motifs is 1. The molecule has 0 spiro atoms. The lowest BCUT2D eigenvalue weighted by Crippen LogP contribution is -2.28. The molecule has 2 N–H and O–H groups in total. The molecule has 0 bridgehead atoms. The van der Waals surface area contributed by atoms with Gasteiger partial charge in [-0.3, -0.25) is 0 Å². The number of rotatable bonds is 4. The lowest BCUT2D eigenvalue weighted by molar-refractivity contribution is 0.846. The minimum Gasteiger partial charge on any atom is -0.362 e. The van der Waals surface area contributed by atoms with Crippen LogP contribution in [0.5, 0.6) is 0 Å². The van der Waals surface area contributed by atoms with E-state index in [0.717, 1.165) is 34.7 Å². The summed E-state index contributed by atoms with van der Waals surface area (Å²) in [5.74, 6) is 0. The van der Waals surface area contributed by atoms with E-state index >= 15 is 0 Å². The average molecular weight is 342 g/mol. The Morgan fingerprint density at radius 2 is 1.96 bits per heavy atom. The summed E-state index contributed by atoms with van der Waals surface area (Å²) < 4.78 is 1.23. The van der Waals surface area contributed by atoms with Gasteiger partial charge in [0.15, 0.2) is 5.11 Å². The van der Waals surface area contributed by atoms with Crippen LogP contribution in [0.3, 0.4) is 0 Å². The maximum Gasteiger partial charge on any atom is 0.170 e. The van der Waals surface area contributed by atoms with Crippen molar-refractivity contribution in [1.29, 1.82) is 0 Å². The number of hydrogen-bond acceptors (Lipinski definition) is 3. The van der Waals surface area contributed by atoms with Crippen LogP contribution in [0.2, 0.25) is 0 Å². The van der Waals surface area contributed by atoms with E-state index in [1.54, 1.807) is 11.3 Å². The van der Waals surface area contributed by atoms with Gasteiger partial charge in [0.2, 0.25) is 0 Å². The average Bonchev–Trinajstić information content (AvgIpc) is 2.96. The molecule has 0 saturated carbocycles. The molecule has 0 aliphatic carbocycles. The summed E-state index contributed by atoms with van der Waals surface area (Å²) in [5.41, 5.74) is 4.43. The van der Waals surface area contributed by atoms with Crippen molar-refractivity contribution in [2.45, 2.75) is 20.3 Å². The number of nitrogens with zero attached hydrogens (tertiary/aromatic N) is 1. The Kier molecular flexibility index (Phi) is 4.88. The molecule has 2 aromatic carbocycles. The molecular weight excluding hydrogens is 322 g/mol. The van der Waals surface area contributed by atoms with Gasteiger partial charge in [0.1, 0.15) is 5.01 Å². The van der Waals surface area contributed by atoms with E-state index in [-0.39, 0.29) is 0 Å². The van der Waals surface area contributed by atoms with Gasteiger partial charge in [-0.05, 0) is 67.5 Å². The van der Waals surface area contributed by atoms with E-state index in [9.17, 15) is 0 Å². The van der Waals surface area contributed by atoms with Gasteiger partial charge in [-0.1, -0.05) is 13.0 Å². The predicted octanol–water partition coefficient (Wildman–Crippen LogP) is 4.97. The number of nitrogens with one attached hydrogen (secondary N) is 2. The fourth-order valence-electron chi connectivity index (χ4n) is 2.27. The number of aromatic nitrogens is 1. The Labute approximate surface area is 145 Å². The second kappa shape index (κ2) is 7.06. The van der Waals surface area contributed by atoms with Crippen molar-refractivity contribution >= 4 is 44.6 Å². The lowest BCUT2D eigenvalue weighted by Gasteiger charge is -2.09. The summed E-state index contributed by atoms with van der Waals surface area (Å²) >= 11 is 6.98. The first-order valence-electron chi connectivity index (χ1n) is 7.68. The van der Waals surface area contributed by atoms with Gasteiger partial charge < -0.3 is 10.6 Å². The van der Waals surface area contributed by atoms with E-state index in [1.807, 2.05) is 12.1 Å². The van der Waals surface area contributed by atoms with Crippen LogP contribution >= 0.6 is 23.6 Å². The maximum atomic E-state index is 5.25. The van der Waals surface area contributed by atoms with Crippen molar-refractivity contribution in [1.82, 2.24) is 10.3 Å². The van der Waals surface area contributed by atoms with Gasteiger partial charge in [0.25, 0.3) is 0 Å². The highest BCUT2D eigenvalue weighted by atomic mass is 32.1. The van der Waals surface area contributed by atoms with E-state index in [0.29, 0.717) is 5.11 Å². The van der Waals surface area contributed by atoms with Gasteiger partial charge in [0.05, 0.1) is 10.2 Å². The van der Waals surface area contributed by atoms with Gasteiger partial charge in [0, 0.05) is 17.8 Å². The van der Waals surface area contributed by atoms with Crippen LogP contribution in [0, 0.1) is 6.92 Å². The molecule has 0 atom stereocenters. The maximum absolute atomic E-state index is 5.25. The molecule has 3 aromatic rings. The Bertz CT molecular complexity index is 822. The Morgan fingerprint density at radius 3 is 2.70 bits per heavy atom. The number of benzene rings is 2. The Balaban J connectivity index is 1.76. The number of thiazole rings is 1. The van der Waals surface area contributed by atoms with E-state index in [1.165, 1.54) is 10.3 Å². The minimum absolute atomic E-state index is 0.662. The molecule has 0 amide bonds. The number of anilines is 1. The van der Waals surface area contributed by atoms with Crippen LogP contribution in [0.4, 0.5) is 5.69 Å². The third kappa shape index (κ3) is 3.86. The summed E-state index contributed by atoms with van der Waals surface area (Å²) in [6.45, 7) is 5.10. The summed E-state index contributed by atoms with van der Waals surface area (Å²) in [4.78, 5) is 4.72. The fraction of sp³-hybridized carbons (Fsp3) is 0.222. The zero-order chi connectivity index (χ0) is 16.2. The lowest BCUT2D eigenvalue weighted by atomic mass is 10.2. The highest BCUT2D eigenvalue weighted by Gasteiger charge is 2.06. The van der Waals surface area contributed by atoms with E-state index in [4.69, 9.17) is 17.2 Å². The third-order valence-corrected chi connectivity index (χ3v) is 4.78. The zero-order valence-electron chi connectivity index (χ0n) is 13.2. The molecule has 23 heavy (non-hydrogen) atoms. The van der Waals surface area contributed by atoms with E-state index < -0.39 is 0 Å². The van der Waals surface area contributed by atoms with E-state index in [2.05, 4.69) is 54.8 Å². The number of thiocarbonyl (C=S) groups is 1. The molecule has 5 heteroatoms. The Morgan fingerprint density at radius 1 is 1.17 bits per heavy atom. The van der Waals surface area contributed by atoms with Gasteiger partial charge in [-0.25, -0.2) is 4.98 Å². The van der Waals surface area contributed by atoms with Crippen LogP contribution in [-0.4, -0.2) is 16.6 Å². The fourth-order valence-corrected chi connectivity index (χ4v) is 3.55. The SMILES string of the molecule is CCCNC(=S)Nc1ccc(-c2nc3ccc(C)cc3s2)cc1. The molecule has 0 aliphatic rings. The topological polar surface area (TPSA) is 37.0 Å². The van der Waals surface area contributed by atoms with Crippen molar-refractivity contribution in [2.75, 3.05) is 11.9 Å². The van der Waals surface area contributed by atoms with Gasteiger partial charge >= 0.3 is 0 Å². The summed E-state index contributed by atoms with van der Waals surface area (Å²) in [5, 5.41) is 8.06. The van der Waals surface area contributed by atoms with Crippen LogP contribution < -0.4 is 10.6 Å².